The summed E-state index contributed by atoms with van der Waals surface area (Å²) in [6, 6.07) is 15.9. The summed E-state index contributed by atoms with van der Waals surface area (Å²) in [5, 5.41) is 13.9. The van der Waals surface area contributed by atoms with Crippen molar-refractivity contribution in [3.63, 3.8) is 0 Å². The SMILES string of the molecule is CC(C)NCc1ccc(OCC(O)COCc2ccccc2)c(Cl)c1. The molecule has 0 saturated carbocycles. The van der Waals surface area contributed by atoms with Crippen LogP contribution in [0.2, 0.25) is 5.02 Å². The zero-order chi connectivity index (χ0) is 18.1. The third kappa shape index (κ3) is 7.45. The fourth-order valence-electron chi connectivity index (χ4n) is 2.21. The summed E-state index contributed by atoms with van der Waals surface area (Å²) in [6.07, 6.45) is -0.706. The standard InChI is InChI=1S/C20H26ClNO3/c1-15(2)22-11-17-8-9-20(19(21)10-17)25-14-18(23)13-24-12-16-6-4-3-5-7-16/h3-10,15,18,22-23H,11-14H2,1-2H3. The predicted octanol–water partition coefficient (Wildman–Crippen LogP) is 3.79. The molecule has 0 spiro atoms. The Morgan fingerprint density at radius 1 is 1.04 bits per heavy atom. The van der Waals surface area contributed by atoms with Crippen molar-refractivity contribution < 1.29 is 14.6 Å². The maximum Gasteiger partial charge on any atom is 0.138 e. The van der Waals surface area contributed by atoms with Crippen LogP contribution in [0.15, 0.2) is 48.5 Å². The summed E-state index contributed by atoms with van der Waals surface area (Å²) in [4.78, 5) is 0. The highest BCUT2D eigenvalue weighted by atomic mass is 35.5. The molecule has 0 aliphatic carbocycles. The Morgan fingerprint density at radius 2 is 1.80 bits per heavy atom. The van der Waals surface area contributed by atoms with Crippen molar-refractivity contribution in [3.8, 4) is 5.75 Å². The first-order valence-corrected chi connectivity index (χ1v) is 8.86. The van der Waals surface area contributed by atoms with Crippen LogP contribution in [0.4, 0.5) is 0 Å². The quantitative estimate of drug-likeness (QED) is 0.674. The highest BCUT2D eigenvalue weighted by molar-refractivity contribution is 6.32. The normalized spacial score (nSPS) is 12.4. The third-order valence-electron chi connectivity index (χ3n) is 3.56. The van der Waals surface area contributed by atoms with Crippen LogP contribution in [-0.4, -0.2) is 30.5 Å². The predicted molar refractivity (Wildman–Crippen MR) is 101 cm³/mol. The number of ether oxygens (including phenoxy) is 2. The van der Waals surface area contributed by atoms with Crippen molar-refractivity contribution in [2.45, 2.75) is 39.1 Å². The van der Waals surface area contributed by atoms with Crippen LogP contribution in [0, 0.1) is 0 Å². The second-order valence-electron chi connectivity index (χ2n) is 6.27. The van der Waals surface area contributed by atoms with E-state index in [1.807, 2.05) is 48.5 Å². The Morgan fingerprint density at radius 3 is 2.48 bits per heavy atom. The molecule has 0 heterocycles. The molecular weight excluding hydrogens is 338 g/mol. The number of hydrogen-bond acceptors (Lipinski definition) is 4. The number of halogens is 1. The molecule has 1 atom stereocenters. The van der Waals surface area contributed by atoms with Crippen LogP contribution < -0.4 is 10.1 Å². The van der Waals surface area contributed by atoms with Crippen molar-refractivity contribution in [2.24, 2.45) is 0 Å². The van der Waals surface area contributed by atoms with Gasteiger partial charge >= 0.3 is 0 Å². The van der Waals surface area contributed by atoms with E-state index in [4.69, 9.17) is 21.1 Å². The summed E-state index contributed by atoms with van der Waals surface area (Å²) >= 11 is 6.25. The average molecular weight is 364 g/mol. The van der Waals surface area contributed by atoms with Crippen molar-refractivity contribution in [1.29, 1.82) is 0 Å². The summed E-state index contributed by atoms with van der Waals surface area (Å²) in [5.74, 6) is 0.567. The van der Waals surface area contributed by atoms with Gasteiger partial charge in [0, 0.05) is 12.6 Å². The van der Waals surface area contributed by atoms with Gasteiger partial charge in [0.1, 0.15) is 18.5 Å². The zero-order valence-corrected chi connectivity index (χ0v) is 15.5. The molecule has 0 aliphatic rings. The Labute approximate surface area is 154 Å². The van der Waals surface area contributed by atoms with Crippen LogP contribution in [0.5, 0.6) is 5.75 Å². The number of hydrogen-bond donors (Lipinski definition) is 2. The van der Waals surface area contributed by atoms with Crippen molar-refractivity contribution in [2.75, 3.05) is 13.2 Å². The minimum absolute atomic E-state index is 0.137. The van der Waals surface area contributed by atoms with E-state index in [0.717, 1.165) is 17.7 Å². The lowest BCUT2D eigenvalue weighted by atomic mass is 10.2. The molecule has 0 saturated heterocycles. The maximum atomic E-state index is 9.98. The lowest BCUT2D eigenvalue weighted by molar-refractivity contribution is 0.00551. The average Bonchev–Trinajstić information content (AvgIpc) is 2.60. The molecule has 0 bridgehead atoms. The molecular formula is C20H26ClNO3. The van der Waals surface area contributed by atoms with Crippen molar-refractivity contribution >= 4 is 11.6 Å². The van der Waals surface area contributed by atoms with E-state index in [-0.39, 0.29) is 13.2 Å². The largest absolute Gasteiger partial charge is 0.489 e. The Bertz CT molecular complexity index is 634. The molecule has 2 rings (SSSR count). The van der Waals surface area contributed by atoms with E-state index in [1.165, 1.54) is 0 Å². The minimum atomic E-state index is -0.706. The summed E-state index contributed by atoms with van der Waals surface area (Å²) in [6.45, 7) is 5.77. The molecule has 0 amide bonds. The number of aliphatic hydroxyl groups excluding tert-OH is 1. The molecule has 1 unspecified atom stereocenters. The van der Waals surface area contributed by atoms with Gasteiger partial charge in [-0.2, -0.15) is 0 Å². The molecule has 25 heavy (non-hydrogen) atoms. The van der Waals surface area contributed by atoms with Gasteiger partial charge in [-0.3, -0.25) is 0 Å². The zero-order valence-electron chi connectivity index (χ0n) is 14.7. The van der Waals surface area contributed by atoms with E-state index >= 15 is 0 Å². The molecule has 4 nitrogen and oxygen atoms in total. The Kier molecular flexibility index (Phi) is 8.22. The molecule has 136 valence electrons. The minimum Gasteiger partial charge on any atom is -0.489 e. The van der Waals surface area contributed by atoms with Gasteiger partial charge in [0.2, 0.25) is 0 Å². The lowest BCUT2D eigenvalue weighted by Crippen LogP contribution is -2.23. The highest BCUT2D eigenvalue weighted by Crippen LogP contribution is 2.25. The monoisotopic (exact) mass is 363 g/mol. The first-order chi connectivity index (χ1) is 12.0. The first-order valence-electron chi connectivity index (χ1n) is 8.49. The number of rotatable bonds is 10. The molecule has 0 fully saturated rings. The number of aliphatic hydroxyl groups is 1. The van der Waals surface area contributed by atoms with Gasteiger partial charge < -0.3 is 19.9 Å². The molecule has 0 aliphatic heterocycles. The molecule has 2 aromatic rings. The summed E-state index contributed by atoms with van der Waals surface area (Å²) in [7, 11) is 0. The second-order valence-corrected chi connectivity index (χ2v) is 6.67. The van der Waals surface area contributed by atoms with Gasteiger partial charge in [-0.25, -0.2) is 0 Å². The van der Waals surface area contributed by atoms with E-state index in [1.54, 1.807) is 0 Å². The lowest BCUT2D eigenvalue weighted by Gasteiger charge is -2.15. The highest BCUT2D eigenvalue weighted by Gasteiger charge is 2.09. The Hall–Kier alpha value is -1.59. The second kappa shape index (κ2) is 10.4. The van der Waals surface area contributed by atoms with Crippen molar-refractivity contribution in [1.82, 2.24) is 5.32 Å². The van der Waals surface area contributed by atoms with Gasteiger partial charge in [0.25, 0.3) is 0 Å². The maximum absolute atomic E-state index is 9.98. The molecule has 5 heteroatoms. The van der Waals surface area contributed by atoms with Gasteiger partial charge in [-0.1, -0.05) is 61.8 Å². The number of benzene rings is 2. The molecule has 0 radical (unpaired) electrons. The topological polar surface area (TPSA) is 50.7 Å². The van der Waals surface area contributed by atoms with Crippen molar-refractivity contribution in [3.05, 3.63) is 64.7 Å². The van der Waals surface area contributed by atoms with Gasteiger partial charge in [-0.15, -0.1) is 0 Å². The molecule has 2 aromatic carbocycles. The van der Waals surface area contributed by atoms with Crippen LogP contribution in [0.1, 0.15) is 25.0 Å². The number of nitrogens with one attached hydrogen (secondary N) is 1. The first kappa shape index (κ1) is 19.7. The van der Waals surface area contributed by atoms with Gasteiger partial charge in [0.05, 0.1) is 18.2 Å². The van der Waals surface area contributed by atoms with E-state index < -0.39 is 6.10 Å². The van der Waals surface area contributed by atoms with Crippen LogP contribution in [-0.2, 0) is 17.9 Å². The molecule has 0 aromatic heterocycles. The van der Waals surface area contributed by atoms with Crippen LogP contribution in [0.3, 0.4) is 0 Å². The third-order valence-corrected chi connectivity index (χ3v) is 3.86. The summed E-state index contributed by atoms with van der Waals surface area (Å²) < 4.78 is 11.1. The fraction of sp³-hybridized carbons (Fsp3) is 0.400. The van der Waals surface area contributed by atoms with E-state index in [0.29, 0.717) is 23.4 Å². The Balaban J connectivity index is 1.72. The van der Waals surface area contributed by atoms with Crippen LogP contribution >= 0.6 is 11.6 Å². The smallest absolute Gasteiger partial charge is 0.138 e. The van der Waals surface area contributed by atoms with Gasteiger partial charge in [-0.05, 0) is 23.3 Å². The van der Waals surface area contributed by atoms with E-state index in [9.17, 15) is 5.11 Å². The van der Waals surface area contributed by atoms with Crippen LogP contribution in [0.25, 0.3) is 0 Å². The summed E-state index contributed by atoms with van der Waals surface area (Å²) in [5.41, 5.74) is 2.17. The molecule has 2 N–H and O–H groups in total. The van der Waals surface area contributed by atoms with E-state index in [2.05, 4.69) is 19.2 Å². The fourth-order valence-corrected chi connectivity index (χ4v) is 2.47. The van der Waals surface area contributed by atoms with Gasteiger partial charge in [0.15, 0.2) is 0 Å².